The van der Waals surface area contributed by atoms with Gasteiger partial charge < -0.3 is 10.2 Å². The molecule has 3 aromatic rings. The number of nitrogens with one attached hydrogen (secondary N) is 1. The summed E-state index contributed by atoms with van der Waals surface area (Å²) in [5.41, 5.74) is 4.25. The molecule has 4 nitrogen and oxygen atoms in total. The van der Waals surface area contributed by atoms with Crippen LogP contribution in [0.3, 0.4) is 0 Å². The zero-order chi connectivity index (χ0) is 19.9. The summed E-state index contributed by atoms with van der Waals surface area (Å²) in [6.45, 7) is 4.72. The average molecular weight is 372 g/mol. The van der Waals surface area contributed by atoms with Crippen molar-refractivity contribution >= 4 is 17.5 Å². The maximum atomic E-state index is 13.1. The summed E-state index contributed by atoms with van der Waals surface area (Å²) < 4.78 is 0. The number of hydrogen-bond donors (Lipinski definition) is 1. The Balaban J connectivity index is 1.71. The van der Waals surface area contributed by atoms with Gasteiger partial charge in [0.15, 0.2) is 0 Å². The molecule has 142 valence electrons. The van der Waals surface area contributed by atoms with Gasteiger partial charge in [-0.2, -0.15) is 0 Å². The molecular formula is C24H24N2O2. The van der Waals surface area contributed by atoms with Crippen molar-refractivity contribution < 1.29 is 9.59 Å². The molecule has 0 saturated carbocycles. The minimum atomic E-state index is -0.143. The second kappa shape index (κ2) is 9.00. The summed E-state index contributed by atoms with van der Waals surface area (Å²) >= 11 is 0. The molecule has 0 unspecified atom stereocenters. The molecule has 0 aliphatic rings. The van der Waals surface area contributed by atoms with Gasteiger partial charge in [-0.25, -0.2) is 0 Å². The molecule has 3 rings (SSSR count). The number of anilines is 1. The molecule has 0 atom stereocenters. The van der Waals surface area contributed by atoms with E-state index in [9.17, 15) is 9.59 Å². The Morgan fingerprint density at radius 3 is 1.86 bits per heavy atom. The molecule has 0 aliphatic heterocycles. The van der Waals surface area contributed by atoms with Gasteiger partial charge in [0, 0.05) is 29.9 Å². The third-order valence-corrected chi connectivity index (χ3v) is 4.55. The van der Waals surface area contributed by atoms with Crippen LogP contribution in [-0.4, -0.2) is 24.9 Å². The zero-order valence-electron chi connectivity index (χ0n) is 16.2. The van der Waals surface area contributed by atoms with E-state index < -0.39 is 0 Å². The molecule has 3 aromatic carbocycles. The van der Waals surface area contributed by atoms with Gasteiger partial charge in [-0.15, -0.1) is 0 Å². The van der Waals surface area contributed by atoms with Gasteiger partial charge in [0.25, 0.3) is 11.8 Å². The number of hydrogen-bond acceptors (Lipinski definition) is 2. The number of benzene rings is 3. The van der Waals surface area contributed by atoms with Crippen molar-refractivity contribution in [3.63, 3.8) is 0 Å². The Kier molecular flexibility index (Phi) is 6.22. The average Bonchev–Trinajstić information content (AvgIpc) is 2.72. The van der Waals surface area contributed by atoms with Gasteiger partial charge in [-0.1, -0.05) is 53.6 Å². The minimum Gasteiger partial charge on any atom is -0.350 e. The highest BCUT2D eigenvalue weighted by atomic mass is 16.2. The van der Waals surface area contributed by atoms with E-state index in [1.54, 1.807) is 17.0 Å². The Bertz CT molecular complexity index is 933. The topological polar surface area (TPSA) is 49.4 Å². The van der Waals surface area contributed by atoms with Gasteiger partial charge >= 0.3 is 0 Å². The third kappa shape index (κ3) is 4.86. The molecule has 0 fully saturated rings. The summed E-state index contributed by atoms with van der Waals surface area (Å²) in [5, 5.41) is 2.90. The molecule has 0 saturated heterocycles. The summed E-state index contributed by atoms with van der Waals surface area (Å²) in [5.74, 6) is -0.230. The van der Waals surface area contributed by atoms with Gasteiger partial charge in [0.05, 0.1) is 0 Å². The number of carbonyl (C=O) groups is 2. The zero-order valence-corrected chi connectivity index (χ0v) is 16.2. The molecule has 0 aromatic heterocycles. The first-order valence-corrected chi connectivity index (χ1v) is 9.33. The number of nitrogens with zero attached hydrogens (tertiary/aromatic N) is 1. The summed E-state index contributed by atoms with van der Waals surface area (Å²) in [7, 11) is 0. The molecular weight excluding hydrogens is 348 g/mol. The predicted octanol–water partition coefficient (Wildman–Crippen LogP) is 4.38. The Labute approximate surface area is 165 Å². The number of rotatable bonds is 6. The lowest BCUT2D eigenvalue weighted by Gasteiger charge is -2.23. The van der Waals surface area contributed by atoms with Crippen LogP contribution in [0.15, 0.2) is 78.9 Å². The van der Waals surface area contributed by atoms with Crippen LogP contribution < -0.4 is 10.2 Å². The molecule has 0 heterocycles. The van der Waals surface area contributed by atoms with Crippen LogP contribution in [0, 0.1) is 13.8 Å². The Hall–Kier alpha value is -3.40. The highest BCUT2D eigenvalue weighted by Gasteiger charge is 2.17. The van der Waals surface area contributed by atoms with Crippen molar-refractivity contribution in [3.05, 3.63) is 101 Å². The van der Waals surface area contributed by atoms with Crippen LogP contribution in [0.25, 0.3) is 0 Å². The van der Waals surface area contributed by atoms with E-state index in [4.69, 9.17) is 0 Å². The molecule has 28 heavy (non-hydrogen) atoms. The molecule has 0 spiro atoms. The van der Waals surface area contributed by atoms with Crippen LogP contribution >= 0.6 is 0 Å². The van der Waals surface area contributed by atoms with E-state index in [2.05, 4.69) is 5.32 Å². The van der Waals surface area contributed by atoms with E-state index in [1.165, 1.54) is 0 Å². The first-order chi connectivity index (χ1) is 13.5. The van der Waals surface area contributed by atoms with E-state index in [1.807, 2.05) is 80.6 Å². The van der Waals surface area contributed by atoms with Crippen LogP contribution in [0.5, 0.6) is 0 Å². The van der Waals surface area contributed by atoms with E-state index in [0.717, 1.165) is 16.8 Å². The first kappa shape index (κ1) is 19.4. The normalized spacial score (nSPS) is 10.4. The number of amides is 2. The lowest BCUT2D eigenvalue weighted by Crippen LogP contribution is -2.38. The molecule has 2 amide bonds. The molecule has 1 N–H and O–H groups in total. The van der Waals surface area contributed by atoms with E-state index >= 15 is 0 Å². The summed E-state index contributed by atoms with van der Waals surface area (Å²) in [4.78, 5) is 27.1. The van der Waals surface area contributed by atoms with Gasteiger partial charge in [-0.3, -0.25) is 9.59 Å². The van der Waals surface area contributed by atoms with Gasteiger partial charge in [0.2, 0.25) is 0 Å². The van der Waals surface area contributed by atoms with Crippen LogP contribution in [0.4, 0.5) is 5.69 Å². The molecule has 0 radical (unpaired) electrons. The summed E-state index contributed by atoms with van der Waals surface area (Å²) in [6, 6.07) is 24.4. The highest BCUT2D eigenvalue weighted by Crippen LogP contribution is 2.17. The third-order valence-electron chi connectivity index (χ3n) is 4.55. The van der Waals surface area contributed by atoms with Crippen molar-refractivity contribution in [3.8, 4) is 0 Å². The van der Waals surface area contributed by atoms with Crippen molar-refractivity contribution in [2.75, 3.05) is 18.0 Å². The molecule has 4 heteroatoms. The van der Waals surface area contributed by atoms with Crippen molar-refractivity contribution in [1.82, 2.24) is 5.32 Å². The number of aryl methyl sites for hydroxylation is 2. The van der Waals surface area contributed by atoms with Crippen LogP contribution in [0.2, 0.25) is 0 Å². The van der Waals surface area contributed by atoms with Gasteiger partial charge in [0.1, 0.15) is 0 Å². The van der Waals surface area contributed by atoms with E-state index in [0.29, 0.717) is 24.2 Å². The van der Waals surface area contributed by atoms with Gasteiger partial charge in [-0.05, 0) is 50.2 Å². The highest BCUT2D eigenvalue weighted by molar-refractivity contribution is 6.06. The second-order valence-electron chi connectivity index (χ2n) is 6.78. The predicted molar refractivity (Wildman–Crippen MR) is 113 cm³/mol. The van der Waals surface area contributed by atoms with Crippen molar-refractivity contribution in [1.29, 1.82) is 0 Å². The van der Waals surface area contributed by atoms with E-state index in [-0.39, 0.29) is 11.8 Å². The lowest BCUT2D eigenvalue weighted by atomic mass is 10.1. The maximum absolute atomic E-state index is 13.1. The quantitative estimate of drug-likeness (QED) is 0.698. The number of para-hydroxylation sites is 1. The summed E-state index contributed by atoms with van der Waals surface area (Å²) in [6.07, 6.45) is 0. The fraction of sp³-hybridized carbons (Fsp3) is 0.167. The second-order valence-corrected chi connectivity index (χ2v) is 6.78. The first-order valence-electron chi connectivity index (χ1n) is 9.33. The lowest BCUT2D eigenvalue weighted by molar-refractivity contribution is 0.0943. The smallest absolute Gasteiger partial charge is 0.258 e. The number of carbonyl (C=O) groups excluding carboxylic acids is 2. The van der Waals surface area contributed by atoms with Crippen LogP contribution in [0.1, 0.15) is 31.8 Å². The Morgan fingerprint density at radius 2 is 1.29 bits per heavy atom. The van der Waals surface area contributed by atoms with Crippen LogP contribution in [-0.2, 0) is 0 Å². The standard InChI is InChI=1S/C24H24N2O2/c1-18-8-12-20(13-9-18)23(27)25-16-17-26(22-6-4-3-5-7-22)24(28)21-14-10-19(2)11-15-21/h3-15H,16-17H2,1-2H3,(H,25,27). The van der Waals surface area contributed by atoms with Crippen molar-refractivity contribution in [2.24, 2.45) is 0 Å². The Morgan fingerprint density at radius 1 is 0.750 bits per heavy atom. The largest absolute Gasteiger partial charge is 0.350 e. The minimum absolute atomic E-state index is 0.0872. The molecule has 0 bridgehead atoms. The van der Waals surface area contributed by atoms with Crippen molar-refractivity contribution in [2.45, 2.75) is 13.8 Å². The SMILES string of the molecule is Cc1ccc(C(=O)NCCN(C(=O)c2ccc(C)cc2)c2ccccc2)cc1. The maximum Gasteiger partial charge on any atom is 0.258 e. The molecule has 0 aliphatic carbocycles. The fourth-order valence-electron chi connectivity index (χ4n) is 2.90. The fourth-order valence-corrected chi connectivity index (χ4v) is 2.90. The monoisotopic (exact) mass is 372 g/mol.